The summed E-state index contributed by atoms with van der Waals surface area (Å²) in [5, 5.41) is 2.81. The number of aromatic nitrogens is 2. The van der Waals surface area contributed by atoms with Crippen LogP contribution in [-0.2, 0) is 11.3 Å². The Balaban J connectivity index is 1.84. The average Bonchev–Trinajstić information content (AvgIpc) is 2.70. The summed E-state index contributed by atoms with van der Waals surface area (Å²) in [6.07, 6.45) is 2.08. The van der Waals surface area contributed by atoms with Gasteiger partial charge in [-0.05, 0) is 37.8 Å². The van der Waals surface area contributed by atoms with Crippen LogP contribution >= 0.6 is 0 Å². The first-order valence-corrected chi connectivity index (χ1v) is 9.76. The maximum Gasteiger partial charge on any atom is 0.255 e. The van der Waals surface area contributed by atoms with Crippen LogP contribution in [0.15, 0.2) is 29.1 Å². The molecule has 0 aliphatic carbocycles. The standard InChI is InChI=1S/C21H28N4O4/c1-14-7-9-24(10-8-14)21-22-15(2)11-20(27)25(21)13-19(26)23-17-12-16(28-3)5-6-18(17)29-4/h5-6,11-12,14H,7-10,13H2,1-4H3,(H,23,26). The molecule has 0 radical (unpaired) electrons. The largest absolute Gasteiger partial charge is 0.497 e. The Morgan fingerprint density at radius 1 is 1.21 bits per heavy atom. The van der Waals surface area contributed by atoms with Crippen molar-refractivity contribution in [2.24, 2.45) is 5.92 Å². The Bertz CT molecular complexity index is 933. The van der Waals surface area contributed by atoms with Crippen LogP contribution < -0.4 is 25.2 Å². The summed E-state index contributed by atoms with van der Waals surface area (Å²) in [4.78, 5) is 32.1. The van der Waals surface area contributed by atoms with Crippen LogP contribution in [0.4, 0.5) is 11.6 Å². The number of aryl methyl sites for hydroxylation is 1. The molecule has 1 aliphatic heterocycles. The quantitative estimate of drug-likeness (QED) is 0.802. The van der Waals surface area contributed by atoms with E-state index in [9.17, 15) is 9.59 Å². The zero-order valence-corrected chi connectivity index (χ0v) is 17.4. The number of nitrogens with one attached hydrogen (secondary N) is 1. The van der Waals surface area contributed by atoms with Gasteiger partial charge in [0.15, 0.2) is 0 Å². The highest BCUT2D eigenvalue weighted by atomic mass is 16.5. The molecule has 1 fully saturated rings. The van der Waals surface area contributed by atoms with Crippen molar-refractivity contribution in [3.63, 3.8) is 0 Å². The van der Waals surface area contributed by atoms with Crippen molar-refractivity contribution in [3.8, 4) is 11.5 Å². The van der Waals surface area contributed by atoms with E-state index in [1.165, 1.54) is 17.7 Å². The lowest BCUT2D eigenvalue weighted by molar-refractivity contribution is -0.116. The molecule has 8 nitrogen and oxygen atoms in total. The van der Waals surface area contributed by atoms with Gasteiger partial charge in [-0.3, -0.25) is 14.2 Å². The van der Waals surface area contributed by atoms with Crippen molar-refractivity contribution in [2.75, 3.05) is 37.5 Å². The summed E-state index contributed by atoms with van der Waals surface area (Å²) < 4.78 is 12.0. The molecule has 0 atom stereocenters. The van der Waals surface area contributed by atoms with E-state index in [1.807, 2.05) is 0 Å². The van der Waals surface area contributed by atoms with Gasteiger partial charge in [0.05, 0.1) is 19.9 Å². The number of hydrogen-bond acceptors (Lipinski definition) is 6. The fraction of sp³-hybridized carbons (Fsp3) is 0.476. The molecule has 2 heterocycles. The highest BCUT2D eigenvalue weighted by Gasteiger charge is 2.22. The van der Waals surface area contributed by atoms with Gasteiger partial charge in [0.1, 0.15) is 18.0 Å². The normalized spacial score (nSPS) is 14.6. The second-order valence-electron chi connectivity index (χ2n) is 7.41. The van der Waals surface area contributed by atoms with E-state index in [4.69, 9.17) is 9.47 Å². The van der Waals surface area contributed by atoms with Crippen molar-refractivity contribution in [2.45, 2.75) is 33.2 Å². The third-order valence-electron chi connectivity index (χ3n) is 5.17. The molecule has 1 amide bonds. The van der Waals surface area contributed by atoms with Gasteiger partial charge in [0, 0.05) is 30.9 Å². The highest BCUT2D eigenvalue weighted by molar-refractivity contribution is 5.92. The van der Waals surface area contributed by atoms with E-state index in [0.29, 0.717) is 34.7 Å². The molecule has 2 aromatic rings. The molecule has 1 aliphatic rings. The van der Waals surface area contributed by atoms with Gasteiger partial charge in [0.25, 0.3) is 5.56 Å². The van der Waals surface area contributed by atoms with Gasteiger partial charge in [-0.2, -0.15) is 0 Å². The monoisotopic (exact) mass is 400 g/mol. The van der Waals surface area contributed by atoms with Crippen LogP contribution in [0.5, 0.6) is 11.5 Å². The van der Waals surface area contributed by atoms with E-state index >= 15 is 0 Å². The molecule has 8 heteroatoms. The number of benzene rings is 1. The maximum absolute atomic E-state index is 12.8. The van der Waals surface area contributed by atoms with E-state index < -0.39 is 0 Å². The van der Waals surface area contributed by atoms with Gasteiger partial charge in [-0.25, -0.2) is 4.98 Å². The number of carbonyl (C=O) groups is 1. The molecule has 1 saturated heterocycles. The van der Waals surface area contributed by atoms with E-state index in [0.717, 1.165) is 25.9 Å². The first-order chi connectivity index (χ1) is 13.9. The van der Waals surface area contributed by atoms with Gasteiger partial charge in [-0.15, -0.1) is 0 Å². The number of carbonyl (C=O) groups excluding carboxylic acids is 1. The van der Waals surface area contributed by atoms with Crippen LogP contribution in [0.1, 0.15) is 25.5 Å². The molecule has 0 bridgehead atoms. The lowest BCUT2D eigenvalue weighted by Crippen LogP contribution is -2.39. The van der Waals surface area contributed by atoms with Crippen LogP contribution in [0.25, 0.3) is 0 Å². The third-order valence-corrected chi connectivity index (χ3v) is 5.17. The minimum atomic E-state index is -0.337. The molecule has 1 aromatic heterocycles. The third kappa shape index (κ3) is 4.88. The number of nitrogens with zero attached hydrogens (tertiary/aromatic N) is 3. The Kier molecular flexibility index (Phi) is 6.41. The minimum absolute atomic E-state index is 0.131. The predicted molar refractivity (Wildman–Crippen MR) is 112 cm³/mol. The molecule has 3 rings (SSSR count). The predicted octanol–water partition coefficient (Wildman–Crippen LogP) is 2.44. The number of methoxy groups -OCH3 is 2. The summed E-state index contributed by atoms with van der Waals surface area (Å²) in [5.41, 5.74) is 0.895. The number of ether oxygens (including phenoxy) is 2. The number of hydrogen-bond donors (Lipinski definition) is 1. The van der Waals surface area contributed by atoms with Gasteiger partial charge in [-0.1, -0.05) is 6.92 Å². The van der Waals surface area contributed by atoms with Crippen LogP contribution in [-0.4, -0.2) is 42.8 Å². The van der Waals surface area contributed by atoms with Crippen molar-refractivity contribution in [3.05, 3.63) is 40.3 Å². The Morgan fingerprint density at radius 3 is 2.59 bits per heavy atom. The fourth-order valence-corrected chi connectivity index (χ4v) is 3.45. The maximum atomic E-state index is 12.8. The van der Waals surface area contributed by atoms with Crippen LogP contribution in [0.3, 0.4) is 0 Å². The van der Waals surface area contributed by atoms with Gasteiger partial charge >= 0.3 is 0 Å². The Morgan fingerprint density at radius 2 is 1.93 bits per heavy atom. The van der Waals surface area contributed by atoms with E-state index in [-0.39, 0.29) is 18.0 Å². The molecular weight excluding hydrogens is 372 g/mol. The molecule has 29 heavy (non-hydrogen) atoms. The van der Waals surface area contributed by atoms with Crippen molar-refractivity contribution in [1.29, 1.82) is 0 Å². The van der Waals surface area contributed by atoms with Gasteiger partial charge in [0.2, 0.25) is 11.9 Å². The van der Waals surface area contributed by atoms with Crippen molar-refractivity contribution in [1.82, 2.24) is 9.55 Å². The highest BCUT2D eigenvalue weighted by Crippen LogP contribution is 2.29. The lowest BCUT2D eigenvalue weighted by atomic mass is 10.00. The first-order valence-electron chi connectivity index (χ1n) is 9.76. The number of rotatable bonds is 6. The Labute approximate surface area is 170 Å². The SMILES string of the molecule is COc1ccc(OC)c(NC(=O)Cn2c(N3CCC(C)CC3)nc(C)cc2=O)c1. The Hall–Kier alpha value is -3.03. The summed E-state index contributed by atoms with van der Waals surface area (Å²) in [7, 11) is 3.08. The van der Waals surface area contributed by atoms with Crippen molar-refractivity contribution < 1.29 is 14.3 Å². The average molecular weight is 400 g/mol. The zero-order chi connectivity index (χ0) is 21.0. The minimum Gasteiger partial charge on any atom is -0.497 e. The van der Waals surface area contributed by atoms with Crippen LogP contribution in [0.2, 0.25) is 0 Å². The molecule has 0 saturated carbocycles. The topological polar surface area (TPSA) is 85.7 Å². The molecular formula is C21H28N4O4. The molecule has 1 N–H and O–H groups in total. The summed E-state index contributed by atoms with van der Waals surface area (Å²) in [5.74, 6) is 1.97. The number of piperidine rings is 1. The summed E-state index contributed by atoms with van der Waals surface area (Å²) >= 11 is 0. The number of amides is 1. The second-order valence-corrected chi connectivity index (χ2v) is 7.41. The van der Waals surface area contributed by atoms with Gasteiger partial charge < -0.3 is 19.7 Å². The molecule has 0 spiro atoms. The molecule has 0 unspecified atom stereocenters. The fourth-order valence-electron chi connectivity index (χ4n) is 3.45. The second kappa shape index (κ2) is 8.98. The van der Waals surface area contributed by atoms with E-state index in [1.54, 1.807) is 32.2 Å². The van der Waals surface area contributed by atoms with Crippen molar-refractivity contribution >= 4 is 17.5 Å². The smallest absolute Gasteiger partial charge is 0.255 e. The molecule has 1 aromatic carbocycles. The van der Waals surface area contributed by atoms with Crippen LogP contribution in [0, 0.1) is 12.8 Å². The summed E-state index contributed by atoms with van der Waals surface area (Å²) in [6.45, 7) is 5.53. The first kappa shape index (κ1) is 20.7. The summed E-state index contributed by atoms with van der Waals surface area (Å²) in [6, 6.07) is 6.60. The molecule has 156 valence electrons. The zero-order valence-electron chi connectivity index (χ0n) is 17.4. The number of anilines is 2. The van der Waals surface area contributed by atoms with E-state index in [2.05, 4.69) is 22.1 Å². The lowest BCUT2D eigenvalue weighted by Gasteiger charge is -2.32.